The van der Waals surface area contributed by atoms with Crippen LogP contribution in [0, 0.1) is 0 Å². The Hall–Kier alpha value is -0.540. The summed E-state index contributed by atoms with van der Waals surface area (Å²) in [6.07, 6.45) is 3.45. The van der Waals surface area contributed by atoms with Crippen molar-refractivity contribution in [3.8, 4) is 0 Å². The number of rotatable bonds is 0. The van der Waals surface area contributed by atoms with Crippen molar-refractivity contribution >= 4 is 17.5 Å². The summed E-state index contributed by atoms with van der Waals surface area (Å²) in [6.45, 7) is 0. The highest BCUT2D eigenvalue weighted by molar-refractivity contribution is 6.29. The smallest absolute Gasteiger partial charge is 0.245 e. The lowest BCUT2D eigenvalue weighted by Gasteiger charge is -2.45. The molecule has 0 aliphatic carbocycles. The Bertz CT molecular complexity index is 239. The third-order valence-electron chi connectivity index (χ3n) is 2.27. The summed E-state index contributed by atoms with van der Waals surface area (Å²) in [5.41, 5.74) is 5.56. The van der Waals surface area contributed by atoms with E-state index >= 15 is 0 Å². The zero-order valence-corrected chi connectivity index (χ0v) is 6.71. The summed E-state index contributed by atoms with van der Waals surface area (Å²) in [4.78, 5) is 12.7. The molecular weight excluding hydrogens is 164 g/mol. The van der Waals surface area contributed by atoms with Crippen LogP contribution in [0.4, 0.5) is 0 Å². The maximum atomic E-state index is 11.0. The molecule has 2 unspecified atom stereocenters. The first kappa shape index (κ1) is 7.13. The van der Waals surface area contributed by atoms with Crippen molar-refractivity contribution in [1.29, 1.82) is 0 Å². The Balaban J connectivity index is 2.20. The third kappa shape index (κ3) is 0.880. The molecule has 0 aromatic rings. The second kappa shape index (κ2) is 2.22. The molecule has 2 N–H and O–H groups in total. The zero-order chi connectivity index (χ0) is 8.01. The molecule has 0 spiro atoms. The van der Waals surface area contributed by atoms with Gasteiger partial charge in [0.15, 0.2) is 0 Å². The van der Waals surface area contributed by atoms with Crippen LogP contribution in [0.5, 0.6) is 0 Å². The molecule has 11 heavy (non-hydrogen) atoms. The van der Waals surface area contributed by atoms with Crippen molar-refractivity contribution in [3.05, 3.63) is 11.2 Å². The van der Waals surface area contributed by atoms with Gasteiger partial charge in [-0.25, -0.2) is 0 Å². The predicted molar refractivity (Wildman–Crippen MR) is 41.8 cm³/mol. The van der Waals surface area contributed by atoms with Gasteiger partial charge in [-0.3, -0.25) is 4.79 Å². The monoisotopic (exact) mass is 172 g/mol. The van der Waals surface area contributed by atoms with Gasteiger partial charge >= 0.3 is 0 Å². The van der Waals surface area contributed by atoms with Gasteiger partial charge in [-0.2, -0.15) is 0 Å². The number of halogens is 1. The second-order valence-corrected chi connectivity index (χ2v) is 3.44. The second-order valence-electron chi connectivity index (χ2n) is 2.95. The van der Waals surface area contributed by atoms with Crippen LogP contribution in [-0.4, -0.2) is 22.9 Å². The zero-order valence-electron chi connectivity index (χ0n) is 5.96. The lowest BCUT2D eigenvalue weighted by molar-refractivity contribution is -0.145. The van der Waals surface area contributed by atoms with E-state index in [1.54, 1.807) is 11.1 Å². The lowest BCUT2D eigenvalue weighted by atomic mass is 9.90. The first-order valence-corrected chi connectivity index (χ1v) is 4.02. The van der Waals surface area contributed by atoms with E-state index in [-0.39, 0.29) is 18.0 Å². The lowest BCUT2D eigenvalue weighted by Crippen LogP contribution is -2.67. The van der Waals surface area contributed by atoms with Crippen LogP contribution >= 0.6 is 11.6 Å². The third-order valence-corrected chi connectivity index (χ3v) is 2.56. The highest BCUT2D eigenvalue weighted by Crippen LogP contribution is 2.31. The van der Waals surface area contributed by atoms with Crippen LogP contribution in [0.1, 0.15) is 12.8 Å². The number of allylic oxidation sites excluding steroid dienone is 1. The maximum absolute atomic E-state index is 11.0. The fourth-order valence-electron chi connectivity index (χ4n) is 1.57. The number of nitrogens with zero attached hydrogens (tertiary/aromatic N) is 1. The first-order chi connectivity index (χ1) is 5.20. The quantitative estimate of drug-likeness (QED) is 0.538. The Morgan fingerprint density at radius 1 is 1.73 bits per heavy atom. The molecule has 4 heteroatoms. The molecule has 3 nitrogen and oxygen atoms in total. The van der Waals surface area contributed by atoms with E-state index in [0.29, 0.717) is 0 Å². The van der Waals surface area contributed by atoms with Gasteiger partial charge in [0.05, 0.1) is 6.04 Å². The fraction of sp³-hybridized carbons (Fsp3) is 0.571. The number of hydrogen-bond donors (Lipinski definition) is 1. The van der Waals surface area contributed by atoms with E-state index in [2.05, 4.69) is 0 Å². The number of nitrogens with two attached hydrogens (primary N) is 1. The number of fused-ring (bicyclic) bond motifs is 1. The van der Waals surface area contributed by atoms with Gasteiger partial charge in [-0.05, 0) is 12.8 Å². The summed E-state index contributed by atoms with van der Waals surface area (Å²) >= 11 is 5.75. The molecule has 0 bridgehead atoms. The molecule has 0 radical (unpaired) electrons. The Kier molecular flexibility index (Phi) is 1.44. The topological polar surface area (TPSA) is 46.3 Å². The van der Waals surface area contributed by atoms with Gasteiger partial charge in [0, 0.05) is 11.2 Å². The normalized spacial score (nSPS) is 36.0. The number of amides is 1. The minimum Gasteiger partial charge on any atom is -0.318 e. The van der Waals surface area contributed by atoms with E-state index in [0.717, 1.165) is 17.9 Å². The molecule has 2 heterocycles. The molecule has 2 aliphatic rings. The highest BCUT2D eigenvalue weighted by atomic mass is 35.5. The van der Waals surface area contributed by atoms with Crippen molar-refractivity contribution in [2.75, 3.05) is 0 Å². The molecule has 1 amide bonds. The van der Waals surface area contributed by atoms with Crippen LogP contribution < -0.4 is 5.73 Å². The average molecular weight is 173 g/mol. The molecule has 0 aromatic heterocycles. The van der Waals surface area contributed by atoms with Gasteiger partial charge < -0.3 is 10.6 Å². The minimum atomic E-state index is -0.281. The molecule has 0 aromatic carbocycles. The predicted octanol–water partition coefficient (Wildman–Crippen LogP) is 0.398. The van der Waals surface area contributed by atoms with Gasteiger partial charge in [-0.15, -0.1) is 0 Å². The maximum Gasteiger partial charge on any atom is 0.245 e. The number of carbonyl (C=O) groups is 1. The molecule has 2 aliphatic heterocycles. The number of hydrogen-bond acceptors (Lipinski definition) is 2. The summed E-state index contributed by atoms with van der Waals surface area (Å²) in [5, 5.41) is 0.751. The van der Waals surface area contributed by atoms with Crippen LogP contribution in [0.3, 0.4) is 0 Å². The van der Waals surface area contributed by atoms with Crippen LogP contribution in [0.25, 0.3) is 0 Å². The van der Waals surface area contributed by atoms with E-state index < -0.39 is 0 Å². The molecule has 2 atom stereocenters. The standard InChI is InChI=1S/C7H9ClN2O/c8-4-1-2-5-6(9)7(11)10(5)3-4/h3,5-6H,1-2,9H2. The van der Waals surface area contributed by atoms with Crippen molar-refractivity contribution in [2.45, 2.75) is 24.9 Å². The van der Waals surface area contributed by atoms with Crippen molar-refractivity contribution in [1.82, 2.24) is 4.90 Å². The van der Waals surface area contributed by atoms with E-state index in [9.17, 15) is 4.79 Å². The summed E-state index contributed by atoms with van der Waals surface area (Å²) in [5.74, 6) is -0.00662. The summed E-state index contributed by atoms with van der Waals surface area (Å²) in [7, 11) is 0. The van der Waals surface area contributed by atoms with E-state index in [1.165, 1.54) is 0 Å². The van der Waals surface area contributed by atoms with Crippen LogP contribution in [0.2, 0.25) is 0 Å². The molecule has 0 saturated carbocycles. The Morgan fingerprint density at radius 3 is 3.18 bits per heavy atom. The van der Waals surface area contributed by atoms with Gasteiger partial charge in [0.1, 0.15) is 6.04 Å². The Labute approximate surface area is 69.8 Å². The molecule has 1 saturated heterocycles. The van der Waals surface area contributed by atoms with Crippen LogP contribution in [0.15, 0.2) is 11.2 Å². The van der Waals surface area contributed by atoms with Gasteiger partial charge in [0.25, 0.3) is 0 Å². The SMILES string of the molecule is NC1C(=O)N2C=C(Cl)CCC12. The van der Waals surface area contributed by atoms with Gasteiger partial charge in [0.2, 0.25) is 5.91 Å². The van der Waals surface area contributed by atoms with Gasteiger partial charge in [-0.1, -0.05) is 11.6 Å². The Morgan fingerprint density at radius 2 is 2.45 bits per heavy atom. The molecule has 1 fully saturated rings. The largest absolute Gasteiger partial charge is 0.318 e. The first-order valence-electron chi connectivity index (χ1n) is 3.64. The molecular formula is C7H9ClN2O. The van der Waals surface area contributed by atoms with E-state index in [1.807, 2.05) is 0 Å². The van der Waals surface area contributed by atoms with E-state index in [4.69, 9.17) is 17.3 Å². The number of β-lactam (4-membered cyclic amide) rings is 1. The summed E-state index contributed by atoms with van der Waals surface area (Å²) < 4.78 is 0. The molecule has 2 rings (SSSR count). The van der Waals surface area contributed by atoms with Crippen LogP contribution in [-0.2, 0) is 4.79 Å². The van der Waals surface area contributed by atoms with Crippen molar-refractivity contribution in [3.63, 3.8) is 0 Å². The van der Waals surface area contributed by atoms with Crippen molar-refractivity contribution in [2.24, 2.45) is 5.73 Å². The average Bonchev–Trinajstić information content (AvgIpc) is 2.03. The van der Waals surface area contributed by atoms with Crippen molar-refractivity contribution < 1.29 is 4.79 Å². The fourth-order valence-corrected chi connectivity index (χ4v) is 1.78. The summed E-state index contributed by atoms with van der Waals surface area (Å²) in [6, 6.07) is -0.0685. The molecule has 60 valence electrons. The number of carbonyl (C=O) groups excluding carboxylic acids is 1. The minimum absolute atomic E-state index is 0.00662. The highest BCUT2D eigenvalue weighted by Gasteiger charge is 2.45.